The van der Waals surface area contributed by atoms with E-state index in [-0.39, 0.29) is 6.04 Å². The van der Waals surface area contributed by atoms with Crippen molar-refractivity contribution in [3.8, 4) is 0 Å². The van der Waals surface area contributed by atoms with Gasteiger partial charge in [-0.25, -0.2) is 4.98 Å². The lowest BCUT2D eigenvalue weighted by Crippen LogP contribution is -2.36. The third kappa shape index (κ3) is 1.65. The van der Waals surface area contributed by atoms with Gasteiger partial charge in [0.25, 0.3) is 0 Å². The topological polar surface area (TPSA) is 56.7 Å². The van der Waals surface area contributed by atoms with E-state index in [9.17, 15) is 0 Å². The van der Waals surface area contributed by atoms with Gasteiger partial charge in [-0.2, -0.15) is 5.10 Å². The van der Waals surface area contributed by atoms with Crippen LogP contribution in [0.1, 0.15) is 31.5 Å². The minimum absolute atomic E-state index is 0.276. The summed E-state index contributed by atoms with van der Waals surface area (Å²) >= 11 is 0. The van der Waals surface area contributed by atoms with Gasteiger partial charge in [-0.1, -0.05) is 6.42 Å². The zero-order valence-electron chi connectivity index (χ0n) is 9.84. The minimum Gasteiger partial charge on any atom is -0.327 e. The van der Waals surface area contributed by atoms with Crippen LogP contribution in [0.4, 0.5) is 0 Å². The molecule has 2 saturated carbocycles. The fraction of sp³-hybridized carbons (Fsp3) is 0.833. The van der Waals surface area contributed by atoms with Crippen molar-refractivity contribution in [2.24, 2.45) is 30.5 Å². The lowest BCUT2D eigenvalue weighted by molar-refractivity contribution is 0.277. The van der Waals surface area contributed by atoms with Gasteiger partial charge in [0, 0.05) is 19.5 Å². The Labute approximate surface area is 96.2 Å². The molecular formula is C12H20N4. The Kier molecular flexibility index (Phi) is 2.46. The van der Waals surface area contributed by atoms with Crippen LogP contribution in [0.5, 0.6) is 0 Å². The first-order valence-electron chi connectivity index (χ1n) is 6.32. The smallest absolute Gasteiger partial charge is 0.138 e. The molecule has 16 heavy (non-hydrogen) atoms. The molecule has 1 aromatic rings. The number of nitrogens with two attached hydrogens (primary N) is 1. The number of rotatable bonds is 3. The lowest BCUT2D eigenvalue weighted by Gasteiger charge is -2.27. The average molecular weight is 220 g/mol. The van der Waals surface area contributed by atoms with Gasteiger partial charge in [0.2, 0.25) is 0 Å². The van der Waals surface area contributed by atoms with Crippen LogP contribution in [0.3, 0.4) is 0 Å². The van der Waals surface area contributed by atoms with Gasteiger partial charge in [0.15, 0.2) is 0 Å². The van der Waals surface area contributed by atoms with E-state index in [2.05, 4.69) is 10.1 Å². The number of aromatic nitrogens is 3. The molecule has 3 rings (SSSR count). The minimum atomic E-state index is 0.276. The summed E-state index contributed by atoms with van der Waals surface area (Å²) in [5, 5.41) is 4.09. The molecule has 0 amide bonds. The molecule has 2 fully saturated rings. The fourth-order valence-electron chi connectivity index (χ4n) is 3.69. The quantitative estimate of drug-likeness (QED) is 0.830. The second kappa shape index (κ2) is 3.84. The van der Waals surface area contributed by atoms with Crippen LogP contribution < -0.4 is 5.73 Å². The summed E-state index contributed by atoms with van der Waals surface area (Å²) in [6, 6.07) is 0.276. The van der Waals surface area contributed by atoms with Crippen LogP contribution in [0.15, 0.2) is 6.33 Å². The summed E-state index contributed by atoms with van der Waals surface area (Å²) in [6.07, 6.45) is 8.12. The first kappa shape index (κ1) is 10.3. The van der Waals surface area contributed by atoms with Gasteiger partial charge in [-0.3, -0.25) is 4.68 Å². The van der Waals surface area contributed by atoms with Crippen molar-refractivity contribution < 1.29 is 0 Å². The van der Waals surface area contributed by atoms with Gasteiger partial charge in [-0.15, -0.1) is 0 Å². The summed E-state index contributed by atoms with van der Waals surface area (Å²) in [7, 11) is 1.94. The molecule has 4 atom stereocenters. The largest absolute Gasteiger partial charge is 0.327 e. The predicted molar refractivity (Wildman–Crippen MR) is 61.6 cm³/mol. The van der Waals surface area contributed by atoms with Crippen molar-refractivity contribution in [2.45, 2.75) is 38.1 Å². The van der Waals surface area contributed by atoms with Crippen LogP contribution in [-0.2, 0) is 13.5 Å². The number of nitrogens with zero attached hydrogens (tertiary/aromatic N) is 3. The molecule has 0 saturated heterocycles. The van der Waals surface area contributed by atoms with Crippen molar-refractivity contribution in [3.05, 3.63) is 12.2 Å². The van der Waals surface area contributed by atoms with Crippen LogP contribution in [0.2, 0.25) is 0 Å². The van der Waals surface area contributed by atoms with Crippen molar-refractivity contribution in [2.75, 3.05) is 0 Å². The van der Waals surface area contributed by atoms with E-state index < -0.39 is 0 Å². The first-order valence-corrected chi connectivity index (χ1v) is 6.32. The summed E-state index contributed by atoms with van der Waals surface area (Å²) < 4.78 is 1.84. The van der Waals surface area contributed by atoms with Gasteiger partial charge >= 0.3 is 0 Å². The van der Waals surface area contributed by atoms with Crippen LogP contribution >= 0.6 is 0 Å². The molecule has 1 heterocycles. The molecule has 0 aliphatic heterocycles. The Morgan fingerprint density at radius 1 is 1.50 bits per heavy atom. The molecule has 2 aliphatic rings. The second-order valence-electron chi connectivity index (χ2n) is 5.51. The summed E-state index contributed by atoms with van der Waals surface area (Å²) in [6.45, 7) is 0. The third-order valence-electron chi connectivity index (χ3n) is 4.57. The maximum Gasteiger partial charge on any atom is 0.138 e. The molecule has 4 unspecified atom stereocenters. The molecule has 4 nitrogen and oxygen atoms in total. The molecule has 0 spiro atoms. The number of fused-ring (bicyclic) bond motifs is 2. The molecule has 88 valence electrons. The highest BCUT2D eigenvalue weighted by Gasteiger charge is 2.42. The zero-order valence-corrected chi connectivity index (χ0v) is 9.84. The monoisotopic (exact) mass is 220 g/mol. The van der Waals surface area contributed by atoms with Crippen molar-refractivity contribution >= 4 is 0 Å². The number of aryl methyl sites for hydroxylation is 1. The molecule has 2 N–H and O–H groups in total. The predicted octanol–water partition coefficient (Wildman–Crippen LogP) is 1.12. The highest BCUT2D eigenvalue weighted by atomic mass is 15.3. The molecule has 1 aromatic heterocycles. The maximum atomic E-state index is 6.34. The second-order valence-corrected chi connectivity index (χ2v) is 5.51. The standard InChI is InChI=1S/C12H20N4/c1-16-12(14-7-15-16)6-11(13)10-5-8-2-3-9(10)4-8/h7-11H,2-6,13H2,1H3. The normalized spacial score (nSPS) is 34.5. The molecule has 0 radical (unpaired) electrons. The van der Waals surface area contributed by atoms with E-state index >= 15 is 0 Å². The number of hydrogen-bond donors (Lipinski definition) is 1. The van der Waals surface area contributed by atoms with Crippen LogP contribution in [0, 0.1) is 17.8 Å². The third-order valence-corrected chi connectivity index (χ3v) is 4.57. The Balaban J connectivity index is 1.66. The number of hydrogen-bond acceptors (Lipinski definition) is 3. The zero-order chi connectivity index (χ0) is 11.1. The Bertz CT molecular complexity index is 373. The Morgan fingerprint density at radius 2 is 2.38 bits per heavy atom. The first-order chi connectivity index (χ1) is 7.74. The molecular weight excluding hydrogens is 200 g/mol. The summed E-state index contributed by atoms with van der Waals surface area (Å²) in [4.78, 5) is 4.26. The van der Waals surface area contributed by atoms with Crippen molar-refractivity contribution in [1.82, 2.24) is 14.8 Å². The van der Waals surface area contributed by atoms with E-state index in [4.69, 9.17) is 5.73 Å². The summed E-state index contributed by atoms with van der Waals surface area (Å²) in [5.41, 5.74) is 6.34. The average Bonchev–Trinajstić information content (AvgIpc) is 2.95. The van der Waals surface area contributed by atoms with Crippen LogP contribution in [0.25, 0.3) is 0 Å². The lowest BCUT2D eigenvalue weighted by atomic mass is 9.82. The van der Waals surface area contributed by atoms with E-state index in [1.165, 1.54) is 25.7 Å². The highest BCUT2D eigenvalue weighted by molar-refractivity contribution is 4.98. The van der Waals surface area contributed by atoms with E-state index in [1.807, 2.05) is 11.7 Å². The Morgan fingerprint density at radius 3 is 2.94 bits per heavy atom. The van der Waals surface area contributed by atoms with Gasteiger partial charge in [0.05, 0.1) is 0 Å². The fourth-order valence-corrected chi connectivity index (χ4v) is 3.69. The van der Waals surface area contributed by atoms with Gasteiger partial charge < -0.3 is 5.73 Å². The van der Waals surface area contributed by atoms with Crippen LogP contribution in [-0.4, -0.2) is 20.8 Å². The maximum absolute atomic E-state index is 6.34. The SMILES string of the molecule is Cn1ncnc1CC(N)C1CC2CCC1C2. The van der Waals surface area contributed by atoms with Gasteiger partial charge in [-0.05, 0) is 37.0 Å². The highest BCUT2D eigenvalue weighted by Crippen LogP contribution is 2.49. The van der Waals surface area contributed by atoms with E-state index in [0.29, 0.717) is 0 Å². The molecule has 2 aliphatic carbocycles. The van der Waals surface area contributed by atoms with E-state index in [1.54, 1.807) is 6.33 Å². The van der Waals surface area contributed by atoms with E-state index in [0.717, 1.165) is 30.0 Å². The van der Waals surface area contributed by atoms with Gasteiger partial charge in [0.1, 0.15) is 12.2 Å². The molecule has 4 heteroatoms. The molecule has 0 aromatic carbocycles. The molecule has 2 bridgehead atoms. The van der Waals surface area contributed by atoms with Crippen molar-refractivity contribution in [1.29, 1.82) is 0 Å². The van der Waals surface area contributed by atoms with Crippen molar-refractivity contribution in [3.63, 3.8) is 0 Å². The summed E-state index contributed by atoms with van der Waals surface area (Å²) in [5.74, 6) is 3.62. The Hall–Kier alpha value is -0.900.